The fraction of sp³-hybridized carbons (Fsp3) is 0.471. The maximum Gasteiger partial charge on any atom is 0.129 e. The molecule has 0 bridgehead atoms. The number of hydrogen-bond donors (Lipinski definition) is 0. The molecule has 2 nitrogen and oxygen atoms in total. The Morgan fingerprint density at radius 3 is 2.37 bits per heavy atom. The number of nitrogens with zero attached hydrogens (tertiary/aromatic N) is 2. The number of fused-ring (bicyclic) bond motifs is 1. The van der Waals surface area contributed by atoms with Gasteiger partial charge in [-0.2, -0.15) is 0 Å². The van der Waals surface area contributed by atoms with Crippen molar-refractivity contribution in [3.8, 4) is 0 Å². The molecule has 1 aliphatic heterocycles. The van der Waals surface area contributed by atoms with Crippen LogP contribution in [0.15, 0.2) is 24.3 Å². The van der Waals surface area contributed by atoms with E-state index in [4.69, 9.17) is 4.98 Å². The molecule has 0 unspecified atom stereocenters. The summed E-state index contributed by atoms with van der Waals surface area (Å²) in [4.78, 5) is 7.14. The smallest absolute Gasteiger partial charge is 0.129 e. The Morgan fingerprint density at radius 2 is 1.68 bits per heavy atom. The van der Waals surface area contributed by atoms with Crippen LogP contribution in [-0.2, 0) is 0 Å². The Kier molecular flexibility index (Phi) is 4.41. The van der Waals surface area contributed by atoms with Gasteiger partial charge in [0.05, 0.1) is 0 Å². The van der Waals surface area contributed by atoms with Crippen LogP contribution in [0.1, 0.15) is 37.9 Å². The summed E-state index contributed by atoms with van der Waals surface area (Å²) < 4.78 is 0. The van der Waals surface area contributed by atoms with Crippen LogP contribution >= 0.6 is 0 Å². The highest BCUT2D eigenvalue weighted by Gasteiger charge is 2.14. The van der Waals surface area contributed by atoms with E-state index in [0.717, 1.165) is 24.6 Å². The molecule has 1 aromatic heterocycles. The van der Waals surface area contributed by atoms with Crippen molar-refractivity contribution >= 4 is 16.6 Å². The average Bonchev–Trinajstić information content (AvgIpc) is 2.94. The molecule has 0 aliphatic carbocycles. The summed E-state index contributed by atoms with van der Waals surface area (Å²) in [6.07, 6.45) is 2.60. The molecule has 2 heterocycles. The highest BCUT2D eigenvalue weighted by atomic mass is 15.2. The first-order valence-corrected chi connectivity index (χ1v) is 7.37. The van der Waals surface area contributed by atoms with E-state index in [0.29, 0.717) is 0 Å². The Morgan fingerprint density at radius 1 is 1.00 bits per heavy atom. The number of benzene rings is 1. The van der Waals surface area contributed by atoms with Gasteiger partial charge in [0.25, 0.3) is 0 Å². The molecule has 2 heteroatoms. The van der Waals surface area contributed by atoms with Crippen molar-refractivity contribution in [1.82, 2.24) is 4.98 Å². The summed E-state index contributed by atoms with van der Waals surface area (Å²) in [5, 5.41) is 2.60. The summed E-state index contributed by atoms with van der Waals surface area (Å²) in [7, 11) is 0. The van der Waals surface area contributed by atoms with Gasteiger partial charge in [0.15, 0.2) is 0 Å². The molecule has 1 saturated heterocycles. The normalized spacial score (nSPS) is 14.4. The lowest BCUT2D eigenvalue weighted by atomic mass is 10.1. The third kappa shape index (κ3) is 2.89. The van der Waals surface area contributed by atoms with Crippen LogP contribution in [0.5, 0.6) is 0 Å². The maximum atomic E-state index is 4.74. The molecule has 0 spiro atoms. The van der Waals surface area contributed by atoms with Gasteiger partial charge in [0.1, 0.15) is 5.82 Å². The maximum absolute atomic E-state index is 4.74. The first-order valence-electron chi connectivity index (χ1n) is 7.37. The van der Waals surface area contributed by atoms with Gasteiger partial charge in [-0.3, -0.25) is 0 Å². The second-order valence-corrected chi connectivity index (χ2v) is 4.98. The lowest BCUT2D eigenvalue weighted by molar-refractivity contribution is 0.934. The second-order valence-electron chi connectivity index (χ2n) is 4.98. The van der Waals surface area contributed by atoms with Crippen LogP contribution in [0.3, 0.4) is 0 Å². The van der Waals surface area contributed by atoms with Crippen molar-refractivity contribution in [2.45, 2.75) is 40.5 Å². The lowest BCUT2D eigenvalue weighted by Gasteiger charge is -2.18. The highest BCUT2D eigenvalue weighted by molar-refractivity contribution is 5.87. The number of rotatable bonds is 1. The number of hydrogen-bond acceptors (Lipinski definition) is 2. The molecule has 1 aromatic carbocycles. The van der Waals surface area contributed by atoms with Crippen LogP contribution in [0, 0.1) is 13.8 Å². The first kappa shape index (κ1) is 13.9. The first-order chi connectivity index (χ1) is 9.24. The lowest BCUT2D eigenvalue weighted by Crippen LogP contribution is -2.19. The zero-order chi connectivity index (χ0) is 13.8. The summed E-state index contributed by atoms with van der Waals surface area (Å²) >= 11 is 0. The van der Waals surface area contributed by atoms with Crippen molar-refractivity contribution in [2.24, 2.45) is 0 Å². The zero-order valence-electron chi connectivity index (χ0n) is 12.5. The average molecular weight is 256 g/mol. The molecule has 0 saturated carbocycles. The quantitative estimate of drug-likeness (QED) is 0.748. The number of anilines is 1. The Labute approximate surface area is 116 Å². The molecule has 3 rings (SSSR count). The van der Waals surface area contributed by atoms with Gasteiger partial charge in [-0.1, -0.05) is 37.6 Å². The fourth-order valence-corrected chi connectivity index (χ4v) is 2.64. The molecule has 102 valence electrons. The van der Waals surface area contributed by atoms with Crippen molar-refractivity contribution < 1.29 is 0 Å². The van der Waals surface area contributed by atoms with Gasteiger partial charge in [-0.15, -0.1) is 0 Å². The van der Waals surface area contributed by atoms with Crippen LogP contribution in [0.2, 0.25) is 0 Å². The van der Waals surface area contributed by atoms with E-state index >= 15 is 0 Å². The molecule has 0 N–H and O–H groups in total. The third-order valence-corrected chi connectivity index (χ3v) is 3.59. The summed E-state index contributed by atoms with van der Waals surface area (Å²) in [5.74, 6) is 1.15. The van der Waals surface area contributed by atoms with E-state index < -0.39 is 0 Å². The predicted octanol–water partition coefficient (Wildman–Crippen LogP) is 4.48. The topological polar surface area (TPSA) is 16.1 Å². The standard InChI is InChI=1S/C15H18N2.C2H6/c1-11-5-6-14-12(2)16-15(10-13(14)9-11)17-7-3-4-8-17;1-2/h5-6,9-10H,3-4,7-8H2,1-2H3;1-2H3. The molecule has 19 heavy (non-hydrogen) atoms. The number of aryl methyl sites for hydroxylation is 2. The molecule has 0 radical (unpaired) electrons. The van der Waals surface area contributed by atoms with Gasteiger partial charge in [-0.05, 0) is 38.1 Å². The van der Waals surface area contributed by atoms with E-state index in [-0.39, 0.29) is 0 Å². The van der Waals surface area contributed by atoms with Crippen molar-refractivity contribution in [3.05, 3.63) is 35.5 Å². The Hall–Kier alpha value is -1.57. The van der Waals surface area contributed by atoms with E-state index in [1.807, 2.05) is 13.8 Å². The third-order valence-electron chi connectivity index (χ3n) is 3.59. The van der Waals surface area contributed by atoms with Gasteiger partial charge in [-0.25, -0.2) is 4.98 Å². The fourth-order valence-electron chi connectivity index (χ4n) is 2.64. The van der Waals surface area contributed by atoms with Crippen LogP contribution < -0.4 is 4.90 Å². The zero-order valence-corrected chi connectivity index (χ0v) is 12.5. The monoisotopic (exact) mass is 256 g/mol. The van der Waals surface area contributed by atoms with Gasteiger partial charge in [0.2, 0.25) is 0 Å². The summed E-state index contributed by atoms with van der Waals surface area (Å²) in [5.41, 5.74) is 2.46. The van der Waals surface area contributed by atoms with Gasteiger partial charge < -0.3 is 4.90 Å². The molecule has 0 atom stereocenters. The molecular formula is C17H24N2. The number of aromatic nitrogens is 1. The number of pyridine rings is 1. The minimum atomic E-state index is 1.14. The van der Waals surface area contributed by atoms with Crippen molar-refractivity contribution in [1.29, 1.82) is 0 Å². The molecule has 1 aliphatic rings. The minimum Gasteiger partial charge on any atom is -0.357 e. The summed E-state index contributed by atoms with van der Waals surface area (Å²) in [6.45, 7) is 10.6. The Bertz CT molecular complexity index is 554. The van der Waals surface area contributed by atoms with E-state index in [2.05, 4.69) is 43.0 Å². The van der Waals surface area contributed by atoms with Crippen molar-refractivity contribution in [3.63, 3.8) is 0 Å². The SMILES string of the molecule is CC.Cc1ccc2c(C)nc(N3CCCC3)cc2c1. The van der Waals surface area contributed by atoms with E-state index in [1.54, 1.807) is 0 Å². The Balaban J connectivity index is 0.000000637. The molecular weight excluding hydrogens is 232 g/mol. The van der Waals surface area contributed by atoms with Crippen LogP contribution in [0.4, 0.5) is 5.82 Å². The highest BCUT2D eigenvalue weighted by Crippen LogP contribution is 2.25. The van der Waals surface area contributed by atoms with Gasteiger partial charge >= 0.3 is 0 Å². The largest absolute Gasteiger partial charge is 0.357 e. The molecule has 2 aromatic rings. The van der Waals surface area contributed by atoms with Crippen molar-refractivity contribution in [2.75, 3.05) is 18.0 Å². The molecule has 0 amide bonds. The molecule has 1 fully saturated rings. The van der Waals surface area contributed by atoms with Crippen LogP contribution in [-0.4, -0.2) is 18.1 Å². The van der Waals surface area contributed by atoms with Gasteiger partial charge in [0, 0.05) is 24.2 Å². The minimum absolute atomic E-state index is 1.14. The van der Waals surface area contributed by atoms with Crippen LogP contribution in [0.25, 0.3) is 10.8 Å². The predicted molar refractivity (Wildman–Crippen MR) is 84.0 cm³/mol. The second kappa shape index (κ2) is 6.05. The van der Waals surface area contributed by atoms with E-state index in [1.165, 1.54) is 29.2 Å². The van der Waals surface area contributed by atoms with E-state index in [9.17, 15) is 0 Å². The summed E-state index contributed by atoms with van der Waals surface area (Å²) in [6, 6.07) is 8.83.